The van der Waals surface area contributed by atoms with E-state index in [0.717, 1.165) is 37.4 Å². The van der Waals surface area contributed by atoms with E-state index in [1.807, 2.05) is 4.90 Å². The van der Waals surface area contributed by atoms with Crippen molar-refractivity contribution < 1.29 is 22.4 Å². The van der Waals surface area contributed by atoms with E-state index in [4.69, 9.17) is 0 Å². The van der Waals surface area contributed by atoms with Crippen LogP contribution in [-0.2, 0) is 30.5 Å². The highest BCUT2D eigenvalue weighted by Crippen LogP contribution is 2.32. The summed E-state index contributed by atoms with van der Waals surface area (Å²) in [5, 5.41) is 5.91. The molecule has 2 aromatic rings. The SMILES string of the molecule is O=C(Nc1ccc(CN2CCc3ccc(C(F)(F)F)cc3C2)c(F)c1)[C@H]1CCCCN1. The number of nitrogens with zero attached hydrogens (tertiary/aromatic N) is 1. The Bertz CT molecular complexity index is 954. The Kier molecular flexibility index (Phi) is 6.29. The summed E-state index contributed by atoms with van der Waals surface area (Å²) in [4.78, 5) is 14.2. The number of rotatable bonds is 4. The first kappa shape index (κ1) is 21.8. The van der Waals surface area contributed by atoms with E-state index in [-0.39, 0.29) is 11.9 Å². The zero-order valence-corrected chi connectivity index (χ0v) is 17.1. The van der Waals surface area contributed by atoms with Gasteiger partial charge < -0.3 is 10.6 Å². The Balaban J connectivity index is 1.40. The molecule has 31 heavy (non-hydrogen) atoms. The maximum absolute atomic E-state index is 14.7. The third-order valence-electron chi connectivity index (χ3n) is 5.97. The van der Waals surface area contributed by atoms with Gasteiger partial charge in [0, 0.05) is 30.9 Å². The van der Waals surface area contributed by atoms with Crippen LogP contribution in [-0.4, -0.2) is 29.9 Å². The molecule has 0 unspecified atom stereocenters. The lowest BCUT2D eigenvalue weighted by Crippen LogP contribution is -2.43. The second-order valence-corrected chi connectivity index (χ2v) is 8.24. The third kappa shape index (κ3) is 5.25. The van der Waals surface area contributed by atoms with Crippen LogP contribution in [0.2, 0.25) is 0 Å². The quantitative estimate of drug-likeness (QED) is 0.696. The van der Waals surface area contributed by atoms with Crippen molar-refractivity contribution in [2.24, 2.45) is 0 Å². The van der Waals surface area contributed by atoms with Gasteiger partial charge >= 0.3 is 6.18 Å². The summed E-state index contributed by atoms with van der Waals surface area (Å²) < 4.78 is 53.7. The second-order valence-electron chi connectivity index (χ2n) is 8.24. The van der Waals surface area contributed by atoms with E-state index in [2.05, 4.69) is 10.6 Å². The van der Waals surface area contributed by atoms with Crippen LogP contribution in [0.15, 0.2) is 36.4 Å². The van der Waals surface area contributed by atoms with Gasteiger partial charge in [-0.3, -0.25) is 9.69 Å². The molecule has 1 amide bonds. The molecule has 2 heterocycles. The molecule has 2 aliphatic heterocycles. The van der Waals surface area contributed by atoms with Crippen molar-refractivity contribution in [1.29, 1.82) is 0 Å². The predicted octanol–water partition coefficient (Wildman–Crippen LogP) is 4.48. The van der Waals surface area contributed by atoms with Gasteiger partial charge in [0.1, 0.15) is 5.82 Å². The molecule has 0 aromatic heterocycles. The molecule has 166 valence electrons. The van der Waals surface area contributed by atoms with Crippen LogP contribution in [0.3, 0.4) is 0 Å². The minimum Gasteiger partial charge on any atom is -0.325 e. The fraction of sp³-hybridized carbons (Fsp3) is 0.435. The van der Waals surface area contributed by atoms with Crippen molar-refractivity contribution in [2.75, 3.05) is 18.4 Å². The Hall–Kier alpha value is -2.45. The molecule has 4 rings (SSSR count). The number of benzene rings is 2. The van der Waals surface area contributed by atoms with Gasteiger partial charge in [0.05, 0.1) is 11.6 Å². The molecule has 2 aromatic carbocycles. The number of amides is 1. The van der Waals surface area contributed by atoms with Crippen molar-refractivity contribution in [2.45, 2.75) is 51.0 Å². The summed E-state index contributed by atoms with van der Waals surface area (Å²) in [6.07, 6.45) is -0.958. The van der Waals surface area contributed by atoms with Gasteiger partial charge in [0.15, 0.2) is 0 Å². The monoisotopic (exact) mass is 435 g/mol. The number of piperidine rings is 1. The molecule has 0 spiro atoms. The summed E-state index contributed by atoms with van der Waals surface area (Å²) in [6, 6.07) is 8.18. The van der Waals surface area contributed by atoms with Crippen molar-refractivity contribution in [3.63, 3.8) is 0 Å². The highest BCUT2D eigenvalue weighted by molar-refractivity contribution is 5.94. The number of carbonyl (C=O) groups excluding carboxylic acids is 1. The maximum atomic E-state index is 14.7. The summed E-state index contributed by atoms with van der Waals surface area (Å²) in [7, 11) is 0. The Morgan fingerprint density at radius 3 is 2.68 bits per heavy atom. The smallest absolute Gasteiger partial charge is 0.325 e. The number of anilines is 1. The summed E-state index contributed by atoms with van der Waals surface area (Å²) in [5.74, 6) is -0.607. The van der Waals surface area contributed by atoms with Crippen LogP contribution < -0.4 is 10.6 Å². The molecule has 1 atom stereocenters. The number of nitrogens with one attached hydrogen (secondary N) is 2. The van der Waals surface area contributed by atoms with Crippen LogP contribution in [0.1, 0.15) is 41.5 Å². The van der Waals surface area contributed by atoms with Crippen molar-refractivity contribution in [1.82, 2.24) is 10.2 Å². The van der Waals surface area contributed by atoms with E-state index in [9.17, 15) is 22.4 Å². The van der Waals surface area contributed by atoms with E-state index >= 15 is 0 Å². The predicted molar refractivity (Wildman–Crippen MR) is 110 cm³/mol. The van der Waals surface area contributed by atoms with Crippen LogP contribution in [0.5, 0.6) is 0 Å². The average Bonchev–Trinajstić information content (AvgIpc) is 2.75. The lowest BCUT2D eigenvalue weighted by Gasteiger charge is -2.29. The van der Waals surface area contributed by atoms with Gasteiger partial charge in [-0.25, -0.2) is 4.39 Å². The fourth-order valence-corrected chi connectivity index (χ4v) is 4.23. The molecule has 2 N–H and O–H groups in total. The molecular weight excluding hydrogens is 410 g/mol. The Morgan fingerprint density at radius 2 is 1.97 bits per heavy atom. The fourth-order valence-electron chi connectivity index (χ4n) is 4.23. The molecule has 1 saturated heterocycles. The van der Waals surface area contributed by atoms with E-state index in [0.29, 0.717) is 42.9 Å². The number of alkyl halides is 3. The van der Waals surface area contributed by atoms with E-state index in [1.165, 1.54) is 18.2 Å². The number of carbonyl (C=O) groups is 1. The number of hydrogen-bond acceptors (Lipinski definition) is 3. The number of halogens is 4. The normalized spacial score (nSPS) is 19.7. The molecule has 4 nitrogen and oxygen atoms in total. The van der Waals surface area contributed by atoms with Gasteiger partial charge in [-0.1, -0.05) is 18.6 Å². The van der Waals surface area contributed by atoms with Crippen LogP contribution in [0, 0.1) is 5.82 Å². The van der Waals surface area contributed by atoms with E-state index < -0.39 is 17.6 Å². The lowest BCUT2D eigenvalue weighted by atomic mass is 9.96. The third-order valence-corrected chi connectivity index (χ3v) is 5.97. The van der Waals surface area contributed by atoms with Crippen molar-refractivity contribution in [3.05, 3.63) is 64.5 Å². The molecule has 2 aliphatic rings. The van der Waals surface area contributed by atoms with Gasteiger partial charge in [-0.2, -0.15) is 13.2 Å². The van der Waals surface area contributed by atoms with Crippen LogP contribution in [0.4, 0.5) is 23.2 Å². The van der Waals surface area contributed by atoms with Gasteiger partial charge in [0.25, 0.3) is 0 Å². The Labute approximate surface area is 178 Å². The van der Waals surface area contributed by atoms with Crippen LogP contribution >= 0.6 is 0 Å². The molecule has 1 fully saturated rings. The highest BCUT2D eigenvalue weighted by atomic mass is 19.4. The van der Waals surface area contributed by atoms with Gasteiger partial charge in [-0.15, -0.1) is 0 Å². The summed E-state index contributed by atoms with van der Waals surface area (Å²) >= 11 is 0. The standard InChI is InChI=1S/C23H25F4N3O/c24-20-12-19(29-22(31)21-3-1-2-9-28-21)7-5-16(20)13-30-10-8-15-4-6-18(23(25,26)27)11-17(15)14-30/h4-7,11-12,21,28H,1-3,8-10,13-14H2,(H,29,31)/t21-/m1/s1. The van der Waals surface area contributed by atoms with Crippen LogP contribution in [0.25, 0.3) is 0 Å². The molecule has 0 aliphatic carbocycles. The minimum atomic E-state index is -4.38. The van der Waals surface area contributed by atoms with Gasteiger partial charge in [0.2, 0.25) is 5.91 Å². The topological polar surface area (TPSA) is 44.4 Å². The van der Waals surface area contributed by atoms with Gasteiger partial charge in [-0.05, 0) is 61.2 Å². The average molecular weight is 435 g/mol. The zero-order chi connectivity index (χ0) is 22.0. The first-order chi connectivity index (χ1) is 14.8. The Morgan fingerprint density at radius 1 is 1.13 bits per heavy atom. The van der Waals surface area contributed by atoms with Crippen molar-refractivity contribution in [3.8, 4) is 0 Å². The largest absolute Gasteiger partial charge is 0.416 e. The number of fused-ring (bicyclic) bond motifs is 1. The number of hydrogen-bond donors (Lipinski definition) is 2. The first-order valence-electron chi connectivity index (χ1n) is 10.5. The summed E-state index contributed by atoms with van der Waals surface area (Å²) in [6.45, 7) is 2.07. The molecule has 0 saturated carbocycles. The lowest BCUT2D eigenvalue weighted by molar-refractivity contribution is -0.137. The maximum Gasteiger partial charge on any atom is 0.416 e. The van der Waals surface area contributed by atoms with Crippen molar-refractivity contribution >= 4 is 11.6 Å². The molecule has 0 bridgehead atoms. The molecule has 8 heteroatoms. The molecular formula is C23H25F4N3O. The first-order valence-corrected chi connectivity index (χ1v) is 10.5. The minimum absolute atomic E-state index is 0.167. The molecule has 0 radical (unpaired) electrons. The highest BCUT2D eigenvalue weighted by Gasteiger charge is 2.31. The van der Waals surface area contributed by atoms with E-state index in [1.54, 1.807) is 12.1 Å². The summed E-state index contributed by atoms with van der Waals surface area (Å²) in [5.41, 5.74) is 1.72. The zero-order valence-electron chi connectivity index (χ0n) is 17.1. The second kappa shape index (κ2) is 8.96.